The van der Waals surface area contributed by atoms with Crippen molar-refractivity contribution in [3.8, 4) is 0 Å². The standard InChI is InChI=1S/C27H52O3Si/c1-8-9-10-11-12-13-14-15-16-17-18-19-20-21-22-23-25(24-26(28)29-5)30-31(6,7)27(2,3)4/h12-13,15-16,25H,8-11,14,17-24H2,1-7H3. The first-order chi connectivity index (χ1) is 14.6. The minimum absolute atomic E-state index is 0.00805. The van der Waals surface area contributed by atoms with Gasteiger partial charge in [-0.2, -0.15) is 0 Å². The maximum atomic E-state index is 11.8. The van der Waals surface area contributed by atoms with Crippen LogP contribution in [0.1, 0.15) is 111 Å². The summed E-state index contributed by atoms with van der Waals surface area (Å²) < 4.78 is 11.4. The van der Waals surface area contributed by atoms with E-state index in [1.165, 1.54) is 64.9 Å². The number of carbonyl (C=O) groups is 1. The van der Waals surface area contributed by atoms with E-state index in [0.717, 1.165) is 19.3 Å². The molecule has 0 aliphatic rings. The van der Waals surface area contributed by atoms with Gasteiger partial charge in [0, 0.05) is 0 Å². The molecule has 1 atom stereocenters. The first kappa shape index (κ1) is 30.1. The van der Waals surface area contributed by atoms with Crippen molar-refractivity contribution in [2.45, 2.75) is 135 Å². The fraction of sp³-hybridized carbons (Fsp3) is 0.815. The molecule has 1 unspecified atom stereocenters. The molecule has 0 aromatic carbocycles. The number of carbonyl (C=O) groups excluding carboxylic acids is 1. The van der Waals surface area contributed by atoms with Crippen molar-refractivity contribution in [2.24, 2.45) is 0 Å². The van der Waals surface area contributed by atoms with E-state index >= 15 is 0 Å². The smallest absolute Gasteiger partial charge is 0.308 e. The van der Waals surface area contributed by atoms with E-state index in [1.54, 1.807) is 0 Å². The second kappa shape index (κ2) is 17.7. The summed E-state index contributed by atoms with van der Waals surface area (Å²) in [5.41, 5.74) is 0. The summed E-state index contributed by atoms with van der Waals surface area (Å²) in [4.78, 5) is 11.8. The number of methoxy groups -OCH3 is 1. The van der Waals surface area contributed by atoms with Crippen molar-refractivity contribution < 1.29 is 14.0 Å². The van der Waals surface area contributed by atoms with Crippen LogP contribution in [0, 0.1) is 0 Å². The number of allylic oxidation sites excluding steroid dienone is 4. The highest BCUT2D eigenvalue weighted by molar-refractivity contribution is 6.74. The van der Waals surface area contributed by atoms with E-state index in [2.05, 4.69) is 65.1 Å². The van der Waals surface area contributed by atoms with Crippen molar-refractivity contribution >= 4 is 14.3 Å². The van der Waals surface area contributed by atoms with Crippen LogP contribution < -0.4 is 0 Å². The highest BCUT2D eigenvalue weighted by atomic mass is 28.4. The van der Waals surface area contributed by atoms with Gasteiger partial charge in [-0.1, -0.05) is 90.5 Å². The molecule has 0 fully saturated rings. The summed E-state index contributed by atoms with van der Waals surface area (Å²) in [6.45, 7) is 13.5. The number of hydrogen-bond acceptors (Lipinski definition) is 3. The molecule has 0 saturated carbocycles. The molecule has 0 aliphatic heterocycles. The molecular formula is C27H52O3Si. The summed E-state index contributed by atoms with van der Waals surface area (Å²) in [5.74, 6) is -0.161. The highest BCUT2D eigenvalue weighted by Crippen LogP contribution is 2.38. The SMILES string of the molecule is CCCCCC=CCC=CCCCCCCCC(CC(=O)OC)O[Si](C)(C)C(C)(C)C. The lowest BCUT2D eigenvalue weighted by Gasteiger charge is -2.39. The first-order valence-electron chi connectivity index (χ1n) is 12.7. The molecular weight excluding hydrogens is 400 g/mol. The lowest BCUT2D eigenvalue weighted by molar-refractivity contribution is -0.142. The second-order valence-electron chi connectivity index (χ2n) is 10.3. The van der Waals surface area contributed by atoms with Crippen LogP contribution in [0.15, 0.2) is 24.3 Å². The van der Waals surface area contributed by atoms with E-state index in [-0.39, 0.29) is 17.1 Å². The van der Waals surface area contributed by atoms with E-state index in [0.29, 0.717) is 6.42 Å². The van der Waals surface area contributed by atoms with Crippen molar-refractivity contribution in [2.75, 3.05) is 7.11 Å². The number of unbranched alkanes of at least 4 members (excludes halogenated alkanes) is 8. The molecule has 0 aromatic heterocycles. The molecule has 4 heteroatoms. The molecule has 0 saturated heterocycles. The van der Waals surface area contributed by atoms with E-state index in [4.69, 9.17) is 9.16 Å². The van der Waals surface area contributed by atoms with Gasteiger partial charge in [0.2, 0.25) is 0 Å². The maximum Gasteiger partial charge on any atom is 0.308 e. The topological polar surface area (TPSA) is 35.5 Å². The van der Waals surface area contributed by atoms with Crippen molar-refractivity contribution in [3.63, 3.8) is 0 Å². The first-order valence-corrected chi connectivity index (χ1v) is 15.6. The van der Waals surface area contributed by atoms with Crippen molar-refractivity contribution in [1.82, 2.24) is 0 Å². The molecule has 0 N–H and O–H groups in total. The summed E-state index contributed by atoms with van der Waals surface area (Å²) in [5, 5.41) is 0.153. The minimum Gasteiger partial charge on any atom is -0.469 e. The van der Waals surface area contributed by atoms with Gasteiger partial charge in [0.05, 0.1) is 19.6 Å². The maximum absolute atomic E-state index is 11.8. The molecule has 0 spiro atoms. The van der Waals surface area contributed by atoms with Gasteiger partial charge in [-0.3, -0.25) is 4.79 Å². The number of rotatable bonds is 18. The van der Waals surface area contributed by atoms with Crippen LogP contribution in [0.4, 0.5) is 0 Å². The monoisotopic (exact) mass is 452 g/mol. The Bertz CT molecular complexity index is 503. The Labute approximate surface area is 195 Å². The van der Waals surface area contributed by atoms with Crippen molar-refractivity contribution in [3.05, 3.63) is 24.3 Å². The van der Waals surface area contributed by atoms with Gasteiger partial charge < -0.3 is 9.16 Å². The van der Waals surface area contributed by atoms with Crippen LogP contribution in [-0.2, 0) is 14.0 Å². The Morgan fingerprint density at radius 3 is 1.97 bits per heavy atom. The van der Waals surface area contributed by atoms with Gasteiger partial charge in [-0.15, -0.1) is 0 Å². The Balaban J connectivity index is 3.99. The van der Waals surface area contributed by atoms with E-state index in [1.807, 2.05) is 0 Å². The quantitative estimate of drug-likeness (QED) is 0.0902. The van der Waals surface area contributed by atoms with E-state index in [9.17, 15) is 4.79 Å². The van der Waals surface area contributed by atoms with E-state index < -0.39 is 8.32 Å². The summed E-state index contributed by atoms with van der Waals surface area (Å²) >= 11 is 0. The lowest BCUT2D eigenvalue weighted by Crippen LogP contribution is -2.44. The third-order valence-corrected chi connectivity index (χ3v) is 10.9. The second-order valence-corrected chi connectivity index (χ2v) is 15.1. The van der Waals surface area contributed by atoms with Crippen LogP contribution in [0.25, 0.3) is 0 Å². The predicted molar refractivity (Wildman–Crippen MR) is 138 cm³/mol. The minimum atomic E-state index is -1.88. The molecule has 182 valence electrons. The van der Waals surface area contributed by atoms with Gasteiger partial charge in [0.15, 0.2) is 8.32 Å². The average molecular weight is 453 g/mol. The molecule has 0 rings (SSSR count). The highest BCUT2D eigenvalue weighted by Gasteiger charge is 2.39. The number of hydrogen-bond donors (Lipinski definition) is 0. The molecule has 0 radical (unpaired) electrons. The Kier molecular flexibility index (Phi) is 17.2. The lowest BCUT2D eigenvalue weighted by atomic mass is 10.1. The van der Waals surface area contributed by atoms with Crippen LogP contribution >= 0.6 is 0 Å². The Morgan fingerprint density at radius 1 is 0.871 bits per heavy atom. The zero-order valence-corrected chi connectivity index (χ0v) is 22.8. The average Bonchev–Trinajstić information content (AvgIpc) is 2.69. The third-order valence-electron chi connectivity index (χ3n) is 6.37. The third kappa shape index (κ3) is 16.4. The number of ether oxygens (including phenoxy) is 1. The molecule has 0 aliphatic carbocycles. The van der Waals surface area contributed by atoms with Gasteiger partial charge >= 0.3 is 5.97 Å². The zero-order valence-electron chi connectivity index (χ0n) is 21.8. The summed E-state index contributed by atoms with van der Waals surface area (Å²) in [6.07, 6.45) is 24.1. The van der Waals surface area contributed by atoms with Gasteiger partial charge in [0.25, 0.3) is 0 Å². The predicted octanol–water partition coefficient (Wildman–Crippen LogP) is 8.75. The Hall–Kier alpha value is -0.873. The Morgan fingerprint density at radius 2 is 1.42 bits per heavy atom. The van der Waals surface area contributed by atoms with Crippen LogP contribution in [-0.4, -0.2) is 27.5 Å². The molecule has 0 bridgehead atoms. The summed E-state index contributed by atoms with van der Waals surface area (Å²) in [7, 11) is -0.414. The molecule has 0 heterocycles. The fourth-order valence-corrected chi connectivity index (χ4v) is 4.64. The van der Waals surface area contributed by atoms with Crippen LogP contribution in [0.2, 0.25) is 18.1 Å². The van der Waals surface area contributed by atoms with Crippen LogP contribution in [0.3, 0.4) is 0 Å². The van der Waals surface area contributed by atoms with Gasteiger partial charge in [0.1, 0.15) is 0 Å². The van der Waals surface area contributed by atoms with Gasteiger partial charge in [-0.05, 0) is 56.7 Å². The molecule has 0 aromatic rings. The largest absolute Gasteiger partial charge is 0.469 e. The summed E-state index contributed by atoms with van der Waals surface area (Å²) in [6, 6.07) is 0. The number of esters is 1. The van der Waals surface area contributed by atoms with Crippen molar-refractivity contribution in [1.29, 1.82) is 0 Å². The molecule has 31 heavy (non-hydrogen) atoms. The molecule has 3 nitrogen and oxygen atoms in total. The van der Waals surface area contributed by atoms with Gasteiger partial charge in [-0.25, -0.2) is 0 Å². The fourth-order valence-electron chi connectivity index (χ4n) is 3.25. The van der Waals surface area contributed by atoms with Crippen LogP contribution in [0.5, 0.6) is 0 Å². The normalized spacial score (nSPS) is 13.9. The zero-order chi connectivity index (χ0) is 23.6. The molecule has 0 amide bonds.